The molecule has 2 rings (SSSR count). The number of fused-ring (bicyclic) bond motifs is 1. The van der Waals surface area contributed by atoms with Gasteiger partial charge in [-0.15, -0.1) is 0 Å². The number of aromatic nitrogens is 1. The van der Waals surface area contributed by atoms with Crippen molar-refractivity contribution in [3.05, 3.63) is 34.6 Å². The molecule has 0 bridgehead atoms. The van der Waals surface area contributed by atoms with Crippen molar-refractivity contribution in [3.8, 4) is 0 Å². The molecule has 28 heavy (non-hydrogen) atoms. The van der Waals surface area contributed by atoms with Crippen molar-refractivity contribution in [2.75, 3.05) is 39.6 Å². The van der Waals surface area contributed by atoms with Gasteiger partial charge in [-0.3, -0.25) is 9.59 Å². The van der Waals surface area contributed by atoms with Crippen molar-refractivity contribution in [2.45, 2.75) is 39.3 Å². The van der Waals surface area contributed by atoms with E-state index in [1.807, 2.05) is 26.8 Å². The minimum absolute atomic E-state index is 0.154. The van der Waals surface area contributed by atoms with Gasteiger partial charge in [0.05, 0.1) is 58.0 Å². The third kappa shape index (κ3) is 7.84. The Bertz CT molecular complexity index is 788. The zero-order chi connectivity index (χ0) is 20.4. The predicted molar refractivity (Wildman–Crippen MR) is 103 cm³/mol. The maximum atomic E-state index is 12.1. The van der Waals surface area contributed by atoms with E-state index in [1.165, 1.54) is 4.74 Å². The molecular weight excluding hydrogens is 366 g/mol. The highest BCUT2D eigenvalue weighted by Crippen LogP contribution is 2.09. The molecule has 0 amide bonds. The van der Waals surface area contributed by atoms with Gasteiger partial charge in [0.15, 0.2) is 5.58 Å². The lowest BCUT2D eigenvalue weighted by atomic mass is 10.2. The van der Waals surface area contributed by atoms with Gasteiger partial charge < -0.3 is 23.5 Å². The van der Waals surface area contributed by atoms with Crippen LogP contribution in [0.2, 0.25) is 0 Å². The molecule has 1 heterocycles. The van der Waals surface area contributed by atoms with Crippen molar-refractivity contribution in [3.63, 3.8) is 0 Å². The predicted octanol–water partition coefficient (Wildman–Crippen LogP) is 2.38. The Labute approximate surface area is 164 Å². The summed E-state index contributed by atoms with van der Waals surface area (Å²) < 4.78 is 28.1. The summed E-state index contributed by atoms with van der Waals surface area (Å²) in [5.74, 6) is -0.273. The summed E-state index contributed by atoms with van der Waals surface area (Å²) in [7, 11) is 0. The molecule has 0 aliphatic heterocycles. The minimum atomic E-state index is -0.474. The molecule has 0 saturated carbocycles. The fourth-order valence-corrected chi connectivity index (χ4v) is 2.40. The molecule has 0 radical (unpaired) electrons. The standard InChI is InChI=1S/C20H29NO7/c1-20(2,3)27-18(22)8-10-24-12-14-26-15-13-25-11-9-21-19(23)16-6-4-5-7-17(16)28-21/h4-7H,8-15H2,1-3H3. The van der Waals surface area contributed by atoms with Crippen LogP contribution in [-0.2, 0) is 30.3 Å². The van der Waals surface area contributed by atoms with Crippen LogP contribution in [0.1, 0.15) is 27.2 Å². The first-order chi connectivity index (χ1) is 13.4. The van der Waals surface area contributed by atoms with Gasteiger partial charge in [0, 0.05) is 0 Å². The number of nitrogens with zero attached hydrogens (tertiary/aromatic N) is 1. The van der Waals surface area contributed by atoms with Crippen LogP contribution in [0.25, 0.3) is 11.0 Å². The average molecular weight is 395 g/mol. The van der Waals surface area contributed by atoms with Crippen LogP contribution in [0, 0.1) is 0 Å². The van der Waals surface area contributed by atoms with Gasteiger partial charge in [0.25, 0.3) is 5.56 Å². The van der Waals surface area contributed by atoms with E-state index in [4.69, 9.17) is 23.5 Å². The number of hydrogen-bond acceptors (Lipinski definition) is 7. The van der Waals surface area contributed by atoms with Gasteiger partial charge in [-0.05, 0) is 32.9 Å². The van der Waals surface area contributed by atoms with E-state index in [-0.39, 0.29) is 17.9 Å². The van der Waals surface area contributed by atoms with Gasteiger partial charge >= 0.3 is 5.97 Å². The smallest absolute Gasteiger partial charge is 0.308 e. The van der Waals surface area contributed by atoms with Gasteiger partial charge in [0.1, 0.15) is 5.60 Å². The molecule has 1 aromatic heterocycles. The van der Waals surface area contributed by atoms with E-state index < -0.39 is 5.60 Å². The van der Waals surface area contributed by atoms with E-state index in [2.05, 4.69) is 0 Å². The third-order valence-corrected chi connectivity index (χ3v) is 3.61. The molecule has 0 aliphatic rings. The number of esters is 1. The second-order valence-electron chi connectivity index (χ2n) is 7.17. The number of ether oxygens (including phenoxy) is 4. The number of carbonyl (C=O) groups excluding carboxylic acids is 1. The summed E-state index contributed by atoms with van der Waals surface area (Å²) in [6.45, 7) is 8.15. The summed E-state index contributed by atoms with van der Waals surface area (Å²) in [5, 5.41) is 0.567. The minimum Gasteiger partial charge on any atom is -0.460 e. The van der Waals surface area contributed by atoms with E-state index in [1.54, 1.807) is 18.2 Å². The Hall–Kier alpha value is -2.16. The molecule has 0 atom stereocenters. The van der Waals surface area contributed by atoms with Gasteiger partial charge in [-0.2, -0.15) is 4.74 Å². The van der Waals surface area contributed by atoms with Crippen molar-refractivity contribution in [2.24, 2.45) is 0 Å². The number of carbonyl (C=O) groups is 1. The highest BCUT2D eigenvalue weighted by Gasteiger charge is 2.15. The van der Waals surface area contributed by atoms with Gasteiger partial charge in [-0.25, -0.2) is 0 Å². The molecule has 0 unspecified atom stereocenters. The molecule has 0 aliphatic carbocycles. The Kier molecular flexibility index (Phi) is 8.69. The monoisotopic (exact) mass is 395 g/mol. The summed E-state index contributed by atoms with van der Waals surface area (Å²) in [4.78, 5) is 23.6. The second kappa shape index (κ2) is 11.0. The Morgan fingerprint density at radius 1 is 0.964 bits per heavy atom. The van der Waals surface area contributed by atoms with Crippen LogP contribution in [0.3, 0.4) is 0 Å². The zero-order valence-electron chi connectivity index (χ0n) is 16.8. The molecule has 156 valence electrons. The quantitative estimate of drug-likeness (QED) is 0.403. The van der Waals surface area contributed by atoms with Crippen LogP contribution >= 0.6 is 0 Å². The van der Waals surface area contributed by atoms with Gasteiger partial charge in [0.2, 0.25) is 0 Å². The van der Waals surface area contributed by atoms with E-state index in [9.17, 15) is 9.59 Å². The van der Waals surface area contributed by atoms with E-state index >= 15 is 0 Å². The summed E-state index contributed by atoms with van der Waals surface area (Å²) >= 11 is 0. The molecule has 2 aromatic rings. The molecule has 0 spiro atoms. The topological polar surface area (TPSA) is 89.1 Å². The molecule has 0 fully saturated rings. The van der Waals surface area contributed by atoms with Crippen LogP contribution in [0.4, 0.5) is 0 Å². The molecule has 0 N–H and O–H groups in total. The molecular formula is C20H29NO7. The molecule has 0 saturated heterocycles. The molecule has 8 heteroatoms. The zero-order valence-corrected chi connectivity index (χ0v) is 16.8. The lowest BCUT2D eigenvalue weighted by Crippen LogP contribution is -2.24. The maximum Gasteiger partial charge on any atom is 0.308 e. The molecule has 1 aromatic carbocycles. The summed E-state index contributed by atoms with van der Waals surface area (Å²) in [6.07, 6.45) is 0.224. The van der Waals surface area contributed by atoms with Gasteiger partial charge in [-0.1, -0.05) is 12.1 Å². The van der Waals surface area contributed by atoms with Crippen LogP contribution in [-0.4, -0.2) is 56.0 Å². The summed E-state index contributed by atoms with van der Waals surface area (Å²) in [6, 6.07) is 7.13. The maximum absolute atomic E-state index is 12.1. The van der Waals surface area contributed by atoms with Crippen LogP contribution < -0.4 is 5.56 Å². The lowest BCUT2D eigenvalue weighted by Gasteiger charge is -2.19. The molecule has 8 nitrogen and oxygen atoms in total. The van der Waals surface area contributed by atoms with Crippen molar-refractivity contribution in [1.29, 1.82) is 0 Å². The first-order valence-electron chi connectivity index (χ1n) is 9.41. The summed E-state index contributed by atoms with van der Waals surface area (Å²) in [5.41, 5.74) is -0.0558. The van der Waals surface area contributed by atoms with Crippen molar-refractivity contribution < 1.29 is 28.3 Å². The van der Waals surface area contributed by atoms with Crippen molar-refractivity contribution >= 4 is 16.9 Å². The number of benzene rings is 1. The number of hydrogen-bond donors (Lipinski definition) is 0. The fourth-order valence-electron chi connectivity index (χ4n) is 2.40. The SMILES string of the molecule is CC(C)(C)OC(=O)CCOCCOCCOCCn1oc2ccccc2c1=O. The van der Waals surface area contributed by atoms with Crippen LogP contribution in [0.5, 0.6) is 0 Å². The second-order valence-corrected chi connectivity index (χ2v) is 7.17. The normalized spacial score (nSPS) is 11.8. The Morgan fingerprint density at radius 3 is 2.21 bits per heavy atom. The van der Waals surface area contributed by atoms with Crippen molar-refractivity contribution in [1.82, 2.24) is 4.74 Å². The largest absolute Gasteiger partial charge is 0.460 e. The number of para-hydroxylation sites is 1. The fraction of sp³-hybridized carbons (Fsp3) is 0.600. The average Bonchev–Trinajstić information content (AvgIpc) is 2.94. The Morgan fingerprint density at radius 2 is 1.57 bits per heavy atom. The highest BCUT2D eigenvalue weighted by atomic mass is 16.6. The number of rotatable bonds is 12. The highest BCUT2D eigenvalue weighted by molar-refractivity contribution is 5.75. The third-order valence-electron chi connectivity index (χ3n) is 3.61. The van der Waals surface area contributed by atoms with Crippen LogP contribution in [0.15, 0.2) is 33.6 Å². The van der Waals surface area contributed by atoms with E-state index in [0.717, 1.165) is 0 Å². The first-order valence-corrected chi connectivity index (χ1v) is 9.41. The lowest BCUT2D eigenvalue weighted by molar-refractivity contribution is -0.156. The van der Waals surface area contributed by atoms with E-state index in [0.29, 0.717) is 57.2 Å². The Balaban J connectivity index is 1.45. The first kappa shape index (κ1) is 22.1.